The summed E-state index contributed by atoms with van der Waals surface area (Å²) >= 11 is 0. The minimum Gasteiger partial charge on any atom is -0.370 e. The summed E-state index contributed by atoms with van der Waals surface area (Å²) in [6.45, 7) is 1.09. The molecule has 0 aliphatic carbocycles. The van der Waals surface area contributed by atoms with E-state index in [0.29, 0.717) is 25.1 Å². The SMILES string of the molecule is Cn1cc(C(=O)N2CCO[C@@H](c3ccc(F)cc3)C2)c(=O)c2ccccc21. The van der Waals surface area contributed by atoms with Gasteiger partial charge < -0.3 is 14.2 Å². The number of hydrogen-bond donors (Lipinski definition) is 0. The zero-order valence-corrected chi connectivity index (χ0v) is 14.9. The number of amides is 1. The molecule has 0 N–H and O–H groups in total. The maximum atomic E-state index is 13.1. The molecule has 1 amide bonds. The van der Waals surface area contributed by atoms with Gasteiger partial charge in [0.1, 0.15) is 17.5 Å². The van der Waals surface area contributed by atoms with Gasteiger partial charge in [-0.3, -0.25) is 9.59 Å². The molecule has 5 nitrogen and oxygen atoms in total. The van der Waals surface area contributed by atoms with Crippen LogP contribution in [0.3, 0.4) is 0 Å². The molecule has 1 fully saturated rings. The predicted octanol–water partition coefficient (Wildman–Crippen LogP) is 2.89. The van der Waals surface area contributed by atoms with Crippen LogP contribution in [0.25, 0.3) is 10.9 Å². The van der Waals surface area contributed by atoms with Crippen LogP contribution in [0.2, 0.25) is 0 Å². The van der Waals surface area contributed by atoms with E-state index in [1.807, 2.05) is 19.2 Å². The Balaban J connectivity index is 1.64. The van der Waals surface area contributed by atoms with Crippen molar-refractivity contribution in [3.8, 4) is 0 Å². The van der Waals surface area contributed by atoms with E-state index < -0.39 is 0 Å². The van der Waals surface area contributed by atoms with Crippen molar-refractivity contribution in [1.29, 1.82) is 0 Å². The van der Waals surface area contributed by atoms with Crippen LogP contribution in [0.15, 0.2) is 59.5 Å². The Morgan fingerprint density at radius 2 is 1.89 bits per heavy atom. The van der Waals surface area contributed by atoms with E-state index >= 15 is 0 Å². The second-order valence-corrected chi connectivity index (χ2v) is 6.66. The summed E-state index contributed by atoms with van der Waals surface area (Å²) in [4.78, 5) is 27.5. The van der Waals surface area contributed by atoms with Gasteiger partial charge in [-0.1, -0.05) is 24.3 Å². The second-order valence-electron chi connectivity index (χ2n) is 6.66. The van der Waals surface area contributed by atoms with Crippen LogP contribution in [0.1, 0.15) is 22.0 Å². The first-order valence-corrected chi connectivity index (χ1v) is 8.79. The normalized spacial score (nSPS) is 17.3. The van der Waals surface area contributed by atoms with Gasteiger partial charge in [-0.2, -0.15) is 0 Å². The van der Waals surface area contributed by atoms with Gasteiger partial charge >= 0.3 is 0 Å². The molecule has 1 atom stereocenters. The zero-order valence-electron chi connectivity index (χ0n) is 14.9. The van der Waals surface area contributed by atoms with Crippen molar-refractivity contribution in [2.24, 2.45) is 7.05 Å². The molecule has 0 radical (unpaired) electrons. The van der Waals surface area contributed by atoms with Gasteiger partial charge in [0.2, 0.25) is 5.43 Å². The van der Waals surface area contributed by atoms with Crippen molar-refractivity contribution < 1.29 is 13.9 Å². The fourth-order valence-electron chi connectivity index (χ4n) is 3.48. The first kappa shape index (κ1) is 17.4. The molecule has 27 heavy (non-hydrogen) atoms. The molecular weight excluding hydrogens is 347 g/mol. The lowest BCUT2D eigenvalue weighted by atomic mass is 10.1. The van der Waals surface area contributed by atoms with E-state index in [2.05, 4.69) is 0 Å². The molecule has 1 aliphatic rings. The molecule has 2 heterocycles. The molecule has 0 saturated carbocycles. The van der Waals surface area contributed by atoms with Crippen LogP contribution >= 0.6 is 0 Å². The highest BCUT2D eigenvalue weighted by Crippen LogP contribution is 2.23. The van der Waals surface area contributed by atoms with E-state index in [-0.39, 0.29) is 28.8 Å². The van der Waals surface area contributed by atoms with Gasteiger partial charge in [-0.25, -0.2) is 4.39 Å². The number of carbonyl (C=O) groups is 1. The lowest BCUT2D eigenvalue weighted by Gasteiger charge is -2.33. The number of rotatable bonds is 2. The van der Waals surface area contributed by atoms with Gasteiger partial charge in [-0.15, -0.1) is 0 Å². The maximum Gasteiger partial charge on any atom is 0.259 e. The number of nitrogens with zero attached hydrogens (tertiary/aromatic N) is 2. The highest BCUT2D eigenvalue weighted by molar-refractivity contribution is 5.97. The van der Waals surface area contributed by atoms with Crippen LogP contribution in [0, 0.1) is 5.82 Å². The zero-order chi connectivity index (χ0) is 19.0. The predicted molar refractivity (Wildman–Crippen MR) is 100 cm³/mol. The third-order valence-electron chi connectivity index (χ3n) is 4.92. The lowest BCUT2D eigenvalue weighted by Crippen LogP contribution is -2.43. The number of benzene rings is 2. The minimum atomic E-state index is -0.340. The van der Waals surface area contributed by atoms with Crippen LogP contribution in [0.5, 0.6) is 0 Å². The number of morpholine rings is 1. The minimum absolute atomic E-state index is 0.149. The van der Waals surface area contributed by atoms with Crippen LogP contribution in [-0.2, 0) is 11.8 Å². The summed E-state index contributed by atoms with van der Waals surface area (Å²) in [7, 11) is 1.82. The third kappa shape index (κ3) is 3.24. The Morgan fingerprint density at radius 1 is 1.15 bits per heavy atom. The average Bonchev–Trinajstić information content (AvgIpc) is 2.71. The van der Waals surface area contributed by atoms with Gasteiger partial charge in [0.25, 0.3) is 5.91 Å². The molecule has 138 valence electrons. The number of hydrogen-bond acceptors (Lipinski definition) is 3. The molecule has 0 unspecified atom stereocenters. The van der Waals surface area contributed by atoms with Gasteiger partial charge in [-0.05, 0) is 29.8 Å². The van der Waals surface area contributed by atoms with E-state index in [0.717, 1.165) is 11.1 Å². The van der Waals surface area contributed by atoms with Crippen molar-refractivity contribution in [3.63, 3.8) is 0 Å². The molecule has 1 aliphatic heterocycles. The monoisotopic (exact) mass is 366 g/mol. The number of fused-ring (bicyclic) bond motifs is 1. The van der Waals surface area contributed by atoms with Gasteiger partial charge in [0.05, 0.1) is 18.7 Å². The molecule has 3 aromatic rings. The number of pyridine rings is 1. The fourth-order valence-corrected chi connectivity index (χ4v) is 3.48. The Hall–Kier alpha value is -2.99. The average molecular weight is 366 g/mol. The number of halogens is 1. The van der Waals surface area contributed by atoms with Crippen molar-refractivity contribution >= 4 is 16.8 Å². The molecular formula is C21H19FN2O3. The topological polar surface area (TPSA) is 51.5 Å². The molecule has 2 aromatic carbocycles. The van der Waals surface area contributed by atoms with Crippen molar-refractivity contribution in [1.82, 2.24) is 9.47 Å². The third-order valence-corrected chi connectivity index (χ3v) is 4.92. The molecule has 0 spiro atoms. The summed E-state index contributed by atoms with van der Waals surface area (Å²) in [6.07, 6.45) is 1.25. The van der Waals surface area contributed by atoms with E-state index in [1.54, 1.807) is 39.9 Å². The highest BCUT2D eigenvalue weighted by atomic mass is 19.1. The van der Waals surface area contributed by atoms with Crippen LogP contribution < -0.4 is 5.43 Å². The first-order chi connectivity index (χ1) is 13.0. The first-order valence-electron chi connectivity index (χ1n) is 8.79. The van der Waals surface area contributed by atoms with E-state index in [1.165, 1.54) is 12.1 Å². The van der Waals surface area contributed by atoms with E-state index in [9.17, 15) is 14.0 Å². The summed E-state index contributed by atoms with van der Waals surface area (Å²) in [6, 6.07) is 13.3. The molecule has 1 saturated heterocycles. The Labute approximate surface area is 155 Å². The van der Waals surface area contributed by atoms with Crippen molar-refractivity contribution in [2.75, 3.05) is 19.7 Å². The Morgan fingerprint density at radius 3 is 2.67 bits per heavy atom. The quantitative estimate of drug-likeness (QED) is 0.701. The Bertz CT molecular complexity index is 1060. The summed E-state index contributed by atoms with van der Waals surface area (Å²) in [5, 5.41) is 0.522. The molecule has 1 aromatic heterocycles. The summed E-state index contributed by atoms with van der Waals surface area (Å²) in [5.74, 6) is -0.626. The second kappa shape index (κ2) is 6.96. The number of ether oxygens (including phenoxy) is 1. The number of carbonyl (C=O) groups excluding carboxylic acids is 1. The standard InChI is InChI=1S/C21H19FN2O3/c1-23-12-17(20(25)16-4-2-3-5-18(16)23)21(26)24-10-11-27-19(13-24)14-6-8-15(22)9-7-14/h2-9,12,19H,10-11,13H2,1H3/t19-/m1/s1. The lowest BCUT2D eigenvalue weighted by molar-refractivity contribution is -0.0229. The number of aromatic nitrogens is 1. The highest BCUT2D eigenvalue weighted by Gasteiger charge is 2.28. The van der Waals surface area contributed by atoms with Gasteiger partial charge in [0, 0.05) is 25.2 Å². The molecule has 4 rings (SSSR count). The van der Waals surface area contributed by atoms with Crippen molar-refractivity contribution in [3.05, 3.63) is 81.9 Å². The molecule has 0 bridgehead atoms. The van der Waals surface area contributed by atoms with Crippen molar-refractivity contribution in [2.45, 2.75) is 6.10 Å². The smallest absolute Gasteiger partial charge is 0.259 e. The fraction of sp³-hybridized carbons (Fsp3) is 0.238. The Kier molecular flexibility index (Phi) is 4.49. The summed E-state index contributed by atoms with van der Waals surface area (Å²) < 4.78 is 20.7. The van der Waals surface area contributed by atoms with E-state index in [4.69, 9.17) is 4.74 Å². The number of para-hydroxylation sites is 1. The van der Waals surface area contributed by atoms with Crippen LogP contribution in [-0.4, -0.2) is 35.1 Å². The maximum absolute atomic E-state index is 13.1. The van der Waals surface area contributed by atoms with Gasteiger partial charge in [0.15, 0.2) is 0 Å². The number of aryl methyl sites for hydroxylation is 1. The van der Waals surface area contributed by atoms with Crippen LogP contribution in [0.4, 0.5) is 4.39 Å². The summed E-state index contributed by atoms with van der Waals surface area (Å²) in [5.41, 5.74) is 1.47. The molecule has 6 heteroatoms. The largest absolute Gasteiger partial charge is 0.370 e.